The van der Waals surface area contributed by atoms with Crippen LogP contribution in [0.15, 0.2) is 72.9 Å². The van der Waals surface area contributed by atoms with Crippen LogP contribution in [-0.4, -0.2) is 13.1 Å². The van der Waals surface area contributed by atoms with Gasteiger partial charge in [-0.25, -0.2) is 0 Å². The molecule has 1 heterocycles. The first-order valence-corrected chi connectivity index (χ1v) is 10.7. The Hall–Kier alpha value is -2.19. The minimum atomic E-state index is -1.61. The van der Waals surface area contributed by atoms with E-state index in [9.17, 15) is 0 Å². The van der Waals surface area contributed by atoms with E-state index in [1.165, 1.54) is 21.5 Å². The van der Waals surface area contributed by atoms with Crippen LogP contribution in [0.3, 0.4) is 0 Å². The summed E-state index contributed by atoms with van der Waals surface area (Å²) in [5, 5.41) is 2.92. The van der Waals surface area contributed by atoms with Crippen molar-refractivity contribution in [3.05, 3.63) is 78.5 Å². The molecule has 0 aliphatic rings. The number of hydrogen-bond acceptors (Lipinski definition) is 1. The molecule has 0 amide bonds. The van der Waals surface area contributed by atoms with Gasteiger partial charge in [-0.3, -0.25) is 4.98 Å². The summed E-state index contributed by atoms with van der Waals surface area (Å²) < 4.78 is 0. The molecule has 1 aromatic heterocycles. The third-order valence-corrected chi connectivity index (χ3v) is 7.86. The molecule has 3 aromatic rings. The summed E-state index contributed by atoms with van der Waals surface area (Å²) in [6.07, 6.45) is 1.92. The van der Waals surface area contributed by atoms with Gasteiger partial charge in [0.2, 0.25) is 0 Å². The van der Waals surface area contributed by atoms with Gasteiger partial charge in [0.1, 0.15) is 8.07 Å². The van der Waals surface area contributed by atoms with Crippen molar-refractivity contribution in [3.63, 3.8) is 0 Å². The van der Waals surface area contributed by atoms with Gasteiger partial charge in [-0.05, 0) is 18.6 Å². The number of hydrogen-bond donors (Lipinski definition) is 0. The van der Waals surface area contributed by atoms with Gasteiger partial charge in [0.15, 0.2) is 0 Å². The summed E-state index contributed by atoms with van der Waals surface area (Å²) >= 11 is 0. The highest BCUT2D eigenvalue weighted by Gasteiger charge is 2.25. The van der Waals surface area contributed by atoms with Crippen LogP contribution in [0.25, 0.3) is 11.3 Å². The average Bonchev–Trinajstić information content (AvgIpc) is 2.56. The van der Waals surface area contributed by atoms with Crippen molar-refractivity contribution in [1.82, 2.24) is 4.98 Å². The predicted molar refractivity (Wildman–Crippen MR) is 97.6 cm³/mol. The zero-order valence-corrected chi connectivity index (χ0v) is 14.4. The van der Waals surface area contributed by atoms with Crippen molar-refractivity contribution in [2.75, 3.05) is 0 Å². The van der Waals surface area contributed by atoms with E-state index in [0.29, 0.717) is 0 Å². The van der Waals surface area contributed by atoms with E-state index in [0.717, 1.165) is 5.69 Å². The molecule has 1 nitrogen and oxygen atoms in total. The standard InChI is InChI=1S/C20H21NSi/c1-16-9-14-20(21-15-16)17-10-12-19(13-11-17)22(2,3)18-7-5-4-6-8-18/h4-15H,1-3H3. The number of aromatic nitrogens is 1. The van der Waals surface area contributed by atoms with Crippen LogP contribution in [0.2, 0.25) is 13.1 Å². The maximum atomic E-state index is 4.51. The molecule has 0 spiro atoms. The van der Waals surface area contributed by atoms with Crippen LogP contribution in [0.4, 0.5) is 0 Å². The lowest BCUT2D eigenvalue weighted by Gasteiger charge is -2.23. The Morgan fingerprint density at radius 3 is 1.95 bits per heavy atom. The fourth-order valence-corrected chi connectivity index (χ4v) is 5.08. The van der Waals surface area contributed by atoms with Gasteiger partial charge >= 0.3 is 0 Å². The maximum Gasteiger partial charge on any atom is 0.112 e. The lowest BCUT2D eigenvalue weighted by molar-refractivity contribution is 1.27. The fourth-order valence-electron chi connectivity index (χ4n) is 2.72. The molecule has 0 saturated heterocycles. The van der Waals surface area contributed by atoms with Crippen molar-refractivity contribution in [2.45, 2.75) is 20.0 Å². The Morgan fingerprint density at radius 2 is 1.36 bits per heavy atom. The summed E-state index contributed by atoms with van der Waals surface area (Å²) in [5.74, 6) is 0. The Morgan fingerprint density at radius 1 is 0.727 bits per heavy atom. The average molecular weight is 303 g/mol. The molecule has 0 saturated carbocycles. The third kappa shape index (κ3) is 2.88. The van der Waals surface area contributed by atoms with Crippen LogP contribution in [-0.2, 0) is 0 Å². The zero-order chi connectivity index (χ0) is 15.6. The number of nitrogens with zero attached hydrogens (tertiary/aromatic N) is 1. The van der Waals surface area contributed by atoms with Gasteiger partial charge in [-0.1, -0.05) is 84.1 Å². The number of pyridine rings is 1. The van der Waals surface area contributed by atoms with Crippen molar-refractivity contribution in [3.8, 4) is 11.3 Å². The summed E-state index contributed by atoms with van der Waals surface area (Å²) in [4.78, 5) is 4.51. The van der Waals surface area contributed by atoms with Crippen molar-refractivity contribution in [1.29, 1.82) is 0 Å². The maximum absolute atomic E-state index is 4.51. The van der Waals surface area contributed by atoms with Gasteiger partial charge in [0.05, 0.1) is 5.69 Å². The summed E-state index contributed by atoms with van der Waals surface area (Å²) in [6, 6.07) is 24.0. The molecule has 110 valence electrons. The summed E-state index contributed by atoms with van der Waals surface area (Å²) in [5.41, 5.74) is 3.41. The van der Waals surface area contributed by atoms with Crippen LogP contribution >= 0.6 is 0 Å². The van der Waals surface area contributed by atoms with Gasteiger partial charge < -0.3 is 0 Å². The highest BCUT2D eigenvalue weighted by Crippen LogP contribution is 2.16. The van der Waals surface area contributed by atoms with Gasteiger partial charge in [0.25, 0.3) is 0 Å². The Kier molecular flexibility index (Phi) is 3.95. The van der Waals surface area contributed by atoms with Crippen molar-refractivity contribution in [2.24, 2.45) is 0 Å². The van der Waals surface area contributed by atoms with E-state index in [-0.39, 0.29) is 0 Å². The number of aryl methyl sites for hydroxylation is 1. The molecule has 2 heteroatoms. The first kappa shape index (κ1) is 14.7. The van der Waals surface area contributed by atoms with E-state index in [2.05, 4.69) is 91.7 Å². The smallest absolute Gasteiger partial charge is 0.112 e. The fraction of sp³-hybridized carbons (Fsp3) is 0.150. The largest absolute Gasteiger partial charge is 0.256 e. The Bertz CT molecular complexity index is 744. The monoisotopic (exact) mass is 303 g/mol. The predicted octanol–water partition coefficient (Wildman–Crippen LogP) is 3.88. The van der Waals surface area contributed by atoms with Crippen molar-refractivity contribution >= 4 is 18.4 Å². The molecule has 0 aliphatic heterocycles. The SMILES string of the molecule is Cc1ccc(-c2ccc([Si](C)(C)c3ccccc3)cc2)nc1. The molecule has 22 heavy (non-hydrogen) atoms. The molecule has 2 aromatic carbocycles. The van der Waals surface area contributed by atoms with Gasteiger partial charge in [-0.2, -0.15) is 0 Å². The normalized spacial score (nSPS) is 11.4. The summed E-state index contributed by atoms with van der Waals surface area (Å²) in [7, 11) is -1.61. The zero-order valence-electron chi connectivity index (χ0n) is 13.4. The molecule has 0 aliphatic carbocycles. The molecule has 0 bridgehead atoms. The van der Waals surface area contributed by atoms with E-state index >= 15 is 0 Å². The second-order valence-electron chi connectivity index (χ2n) is 6.29. The molecule has 3 rings (SSSR count). The number of benzene rings is 2. The molecule has 0 unspecified atom stereocenters. The lowest BCUT2D eigenvalue weighted by atomic mass is 10.1. The molecular weight excluding hydrogens is 282 g/mol. The first-order valence-electron chi connectivity index (χ1n) is 7.66. The second-order valence-corrected chi connectivity index (χ2v) is 10.7. The topological polar surface area (TPSA) is 12.9 Å². The number of rotatable bonds is 3. The van der Waals surface area contributed by atoms with E-state index < -0.39 is 8.07 Å². The van der Waals surface area contributed by atoms with Crippen LogP contribution in [0, 0.1) is 6.92 Å². The third-order valence-electron chi connectivity index (χ3n) is 4.31. The highest BCUT2D eigenvalue weighted by molar-refractivity contribution is 7.00. The van der Waals surface area contributed by atoms with Gasteiger partial charge in [0, 0.05) is 11.8 Å². The van der Waals surface area contributed by atoms with E-state index in [1.807, 2.05) is 6.20 Å². The molecule has 0 N–H and O–H groups in total. The van der Waals surface area contributed by atoms with E-state index in [4.69, 9.17) is 0 Å². The minimum absolute atomic E-state index is 1.04. The summed E-state index contributed by atoms with van der Waals surface area (Å²) in [6.45, 7) is 6.87. The molecule has 0 fully saturated rings. The Balaban J connectivity index is 1.93. The van der Waals surface area contributed by atoms with Crippen molar-refractivity contribution < 1.29 is 0 Å². The minimum Gasteiger partial charge on any atom is -0.256 e. The van der Waals surface area contributed by atoms with Gasteiger partial charge in [-0.15, -0.1) is 0 Å². The van der Waals surface area contributed by atoms with E-state index in [1.54, 1.807) is 0 Å². The molecule has 0 atom stereocenters. The first-order chi connectivity index (χ1) is 10.6. The lowest BCUT2D eigenvalue weighted by Crippen LogP contribution is -2.52. The van der Waals surface area contributed by atoms with Crippen LogP contribution in [0.1, 0.15) is 5.56 Å². The molecule has 0 radical (unpaired) electrons. The molecular formula is C20H21NSi. The Labute approximate surface area is 133 Å². The highest BCUT2D eigenvalue weighted by atomic mass is 28.3. The van der Waals surface area contributed by atoms with Crippen LogP contribution in [0.5, 0.6) is 0 Å². The quantitative estimate of drug-likeness (QED) is 0.669. The van der Waals surface area contributed by atoms with Crippen LogP contribution < -0.4 is 10.4 Å². The second kappa shape index (κ2) is 5.89.